The van der Waals surface area contributed by atoms with Crippen LogP contribution in [0.15, 0.2) is 23.2 Å². The van der Waals surface area contributed by atoms with Crippen LogP contribution in [-0.4, -0.2) is 18.3 Å². The Kier molecular flexibility index (Phi) is 3.14. The molecule has 0 aliphatic heterocycles. The predicted octanol–water partition coefficient (Wildman–Crippen LogP) is 1.25. The van der Waals surface area contributed by atoms with Gasteiger partial charge in [-0.3, -0.25) is 15.1 Å². The maximum absolute atomic E-state index is 10.4. The molecule has 1 aromatic carbocycles. The predicted molar refractivity (Wildman–Crippen MR) is 55.0 cm³/mol. The molecule has 14 heavy (non-hydrogen) atoms. The van der Waals surface area contributed by atoms with Crippen LogP contribution in [0.25, 0.3) is 0 Å². The quantitative estimate of drug-likeness (QED) is 0.326. The second-order valence-electron chi connectivity index (χ2n) is 2.50. The monoisotopic (exact) mass is 194 g/mol. The van der Waals surface area contributed by atoms with Crippen molar-refractivity contribution in [3.05, 3.63) is 28.3 Å². The van der Waals surface area contributed by atoms with Crippen LogP contribution in [0.3, 0.4) is 0 Å². The van der Waals surface area contributed by atoms with Crippen LogP contribution in [0.1, 0.15) is 0 Å². The highest BCUT2D eigenvalue weighted by Crippen LogP contribution is 2.28. The summed E-state index contributed by atoms with van der Waals surface area (Å²) in [5, 5.41) is 13.3. The molecule has 6 nitrogen and oxygen atoms in total. The first-order valence-electron chi connectivity index (χ1n) is 3.88. The first-order chi connectivity index (χ1) is 6.69. The van der Waals surface area contributed by atoms with Crippen molar-refractivity contribution >= 4 is 23.8 Å². The summed E-state index contributed by atoms with van der Waals surface area (Å²) in [5.41, 5.74) is 6.31. The fraction of sp³-hybridized carbons (Fsp3) is 0.125. The van der Waals surface area contributed by atoms with E-state index in [0.717, 1.165) is 0 Å². The zero-order valence-corrected chi connectivity index (χ0v) is 7.43. The number of non-ortho nitro benzene ring substituents is 1. The van der Waals surface area contributed by atoms with Gasteiger partial charge in [0.15, 0.2) is 0 Å². The topological polar surface area (TPSA) is 93.5 Å². The Morgan fingerprint density at radius 3 is 2.86 bits per heavy atom. The summed E-state index contributed by atoms with van der Waals surface area (Å²) in [5.74, 6) is 0. The van der Waals surface area contributed by atoms with Gasteiger partial charge in [0, 0.05) is 12.1 Å². The summed E-state index contributed by atoms with van der Waals surface area (Å²) >= 11 is 0. The number of nitrogens with zero attached hydrogens (tertiary/aromatic N) is 2. The summed E-state index contributed by atoms with van der Waals surface area (Å²) in [6.45, 7) is 3.56. The van der Waals surface area contributed by atoms with E-state index in [1.807, 2.05) is 0 Å². The van der Waals surface area contributed by atoms with Gasteiger partial charge in [-0.2, -0.15) is 0 Å². The van der Waals surface area contributed by atoms with Crippen LogP contribution in [0.5, 0.6) is 0 Å². The molecule has 0 unspecified atom stereocenters. The standard InChI is InChI=1S/C8H10N4O2/c1-10-8-4-6(12(13)14)2-3-7(8)11-5-9/h2-4,11H,1,5,9H2. The average molecular weight is 194 g/mol. The van der Waals surface area contributed by atoms with Gasteiger partial charge in [0.2, 0.25) is 0 Å². The van der Waals surface area contributed by atoms with Crippen LogP contribution in [0, 0.1) is 10.1 Å². The van der Waals surface area contributed by atoms with Crippen molar-refractivity contribution in [2.45, 2.75) is 0 Å². The molecule has 0 bridgehead atoms. The molecule has 0 aromatic heterocycles. The lowest BCUT2D eigenvalue weighted by atomic mass is 10.2. The van der Waals surface area contributed by atoms with Gasteiger partial charge in [-0.15, -0.1) is 0 Å². The Morgan fingerprint density at radius 2 is 2.36 bits per heavy atom. The number of nitro benzene ring substituents is 1. The molecular formula is C8H10N4O2. The lowest BCUT2D eigenvalue weighted by Crippen LogP contribution is -2.10. The molecule has 0 atom stereocenters. The third-order valence-corrected chi connectivity index (χ3v) is 1.65. The summed E-state index contributed by atoms with van der Waals surface area (Å²) in [4.78, 5) is 13.6. The van der Waals surface area contributed by atoms with Crippen LogP contribution in [0.2, 0.25) is 0 Å². The molecule has 74 valence electrons. The first-order valence-corrected chi connectivity index (χ1v) is 3.88. The summed E-state index contributed by atoms with van der Waals surface area (Å²) in [6.07, 6.45) is 0. The maximum Gasteiger partial charge on any atom is 0.271 e. The zero-order chi connectivity index (χ0) is 10.6. The molecule has 1 aromatic rings. The third-order valence-electron chi connectivity index (χ3n) is 1.65. The minimum Gasteiger partial charge on any atom is -0.371 e. The normalized spacial score (nSPS) is 9.50. The highest BCUT2D eigenvalue weighted by molar-refractivity contribution is 5.70. The van der Waals surface area contributed by atoms with E-state index in [4.69, 9.17) is 5.73 Å². The van der Waals surface area contributed by atoms with Crippen molar-refractivity contribution in [3.8, 4) is 0 Å². The first kappa shape index (κ1) is 10.1. The zero-order valence-electron chi connectivity index (χ0n) is 7.43. The number of nitrogens with two attached hydrogens (primary N) is 1. The highest BCUT2D eigenvalue weighted by atomic mass is 16.6. The van der Waals surface area contributed by atoms with Gasteiger partial charge in [0.25, 0.3) is 5.69 Å². The molecular weight excluding hydrogens is 184 g/mol. The van der Waals surface area contributed by atoms with E-state index < -0.39 is 4.92 Å². The van der Waals surface area contributed by atoms with Crippen LogP contribution in [0.4, 0.5) is 17.1 Å². The maximum atomic E-state index is 10.4. The number of rotatable bonds is 4. The van der Waals surface area contributed by atoms with Crippen molar-refractivity contribution in [2.24, 2.45) is 10.7 Å². The smallest absolute Gasteiger partial charge is 0.271 e. The lowest BCUT2D eigenvalue weighted by molar-refractivity contribution is -0.384. The van der Waals surface area contributed by atoms with Crippen molar-refractivity contribution in [1.29, 1.82) is 0 Å². The Balaban J connectivity index is 3.11. The number of aliphatic imine (C=N–C) groups is 1. The Morgan fingerprint density at radius 1 is 1.64 bits per heavy atom. The van der Waals surface area contributed by atoms with Crippen molar-refractivity contribution in [1.82, 2.24) is 0 Å². The average Bonchev–Trinajstić information content (AvgIpc) is 2.18. The van der Waals surface area contributed by atoms with Crippen LogP contribution in [-0.2, 0) is 0 Å². The van der Waals surface area contributed by atoms with E-state index in [0.29, 0.717) is 11.4 Å². The van der Waals surface area contributed by atoms with Crippen molar-refractivity contribution in [2.75, 3.05) is 12.0 Å². The van der Waals surface area contributed by atoms with Gasteiger partial charge < -0.3 is 11.1 Å². The second kappa shape index (κ2) is 4.33. The molecule has 0 saturated heterocycles. The van der Waals surface area contributed by atoms with E-state index >= 15 is 0 Å². The Bertz CT molecular complexity index is 364. The number of hydrogen-bond acceptors (Lipinski definition) is 5. The molecule has 0 spiro atoms. The summed E-state index contributed by atoms with van der Waals surface area (Å²) in [6, 6.07) is 4.27. The van der Waals surface area contributed by atoms with Gasteiger partial charge >= 0.3 is 0 Å². The molecule has 0 heterocycles. The SMILES string of the molecule is C=Nc1cc([N+](=O)[O-])ccc1NCN. The Labute approximate surface area is 80.6 Å². The van der Waals surface area contributed by atoms with E-state index in [-0.39, 0.29) is 12.4 Å². The molecule has 0 saturated carbocycles. The van der Waals surface area contributed by atoms with Gasteiger partial charge in [0.05, 0.1) is 23.0 Å². The summed E-state index contributed by atoms with van der Waals surface area (Å²) < 4.78 is 0. The molecule has 0 amide bonds. The van der Waals surface area contributed by atoms with E-state index in [1.54, 1.807) is 6.07 Å². The van der Waals surface area contributed by atoms with Gasteiger partial charge in [-0.1, -0.05) is 0 Å². The minimum absolute atomic E-state index is 0.0185. The number of nitrogens with one attached hydrogen (secondary N) is 1. The Hall–Kier alpha value is -1.95. The number of hydrogen-bond donors (Lipinski definition) is 2. The van der Waals surface area contributed by atoms with Gasteiger partial charge in [-0.25, -0.2) is 0 Å². The molecule has 1 rings (SSSR count). The molecule has 0 aliphatic carbocycles. The second-order valence-corrected chi connectivity index (χ2v) is 2.50. The van der Waals surface area contributed by atoms with Crippen LogP contribution < -0.4 is 11.1 Å². The fourth-order valence-electron chi connectivity index (χ4n) is 1.02. The molecule has 6 heteroatoms. The molecule has 0 aliphatic rings. The highest BCUT2D eigenvalue weighted by Gasteiger charge is 2.08. The third kappa shape index (κ3) is 2.05. The molecule has 0 fully saturated rings. The largest absolute Gasteiger partial charge is 0.371 e. The minimum atomic E-state index is -0.485. The van der Waals surface area contributed by atoms with Gasteiger partial charge in [0.1, 0.15) is 0 Å². The van der Waals surface area contributed by atoms with E-state index in [1.165, 1.54) is 12.1 Å². The van der Waals surface area contributed by atoms with Gasteiger partial charge in [-0.05, 0) is 12.8 Å². The lowest BCUT2D eigenvalue weighted by Gasteiger charge is -2.05. The molecule has 0 radical (unpaired) electrons. The van der Waals surface area contributed by atoms with Crippen molar-refractivity contribution in [3.63, 3.8) is 0 Å². The van der Waals surface area contributed by atoms with E-state index in [2.05, 4.69) is 17.0 Å². The van der Waals surface area contributed by atoms with Crippen LogP contribution >= 0.6 is 0 Å². The van der Waals surface area contributed by atoms with E-state index in [9.17, 15) is 10.1 Å². The number of benzene rings is 1. The summed E-state index contributed by atoms with van der Waals surface area (Å²) in [7, 11) is 0. The fourth-order valence-corrected chi connectivity index (χ4v) is 1.02. The number of anilines is 1. The molecule has 3 N–H and O–H groups in total. The number of nitro groups is 1. The van der Waals surface area contributed by atoms with Crippen molar-refractivity contribution < 1.29 is 4.92 Å².